The normalized spacial score (nSPS) is 10.0. The zero-order valence-corrected chi connectivity index (χ0v) is 14.3. The van der Waals surface area contributed by atoms with Gasteiger partial charge in [0.15, 0.2) is 11.5 Å². The van der Waals surface area contributed by atoms with Crippen molar-refractivity contribution in [3.8, 4) is 17.2 Å². The highest BCUT2D eigenvalue weighted by Crippen LogP contribution is 2.40. The van der Waals surface area contributed by atoms with Gasteiger partial charge in [-0.25, -0.2) is 4.98 Å². The van der Waals surface area contributed by atoms with Gasteiger partial charge >= 0.3 is 0 Å². The van der Waals surface area contributed by atoms with Crippen molar-refractivity contribution in [2.75, 3.05) is 38.5 Å². The lowest BCUT2D eigenvalue weighted by Crippen LogP contribution is -2.06. The number of hydrogen-bond acceptors (Lipinski definition) is 7. The van der Waals surface area contributed by atoms with E-state index in [9.17, 15) is 0 Å². The number of aromatic nitrogens is 2. The minimum atomic E-state index is 0.532. The van der Waals surface area contributed by atoms with Gasteiger partial charge in [0.05, 0.1) is 21.3 Å². The summed E-state index contributed by atoms with van der Waals surface area (Å²) in [5.74, 6) is 2.86. The van der Waals surface area contributed by atoms with E-state index in [2.05, 4.69) is 27.2 Å². The maximum absolute atomic E-state index is 5.36. The van der Waals surface area contributed by atoms with Gasteiger partial charge in [-0.1, -0.05) is 6.08 Å². The van der Waals surface area contributed by atoms with Crippen LogP contribution in [-0.2, 0) is 0 Å². The van der Waals surface area contributed by atoms with Gasteiger partial charge in [0.25, 0.3) is 0 Å². The SMILES string of the molecule is C=CCNc1nc(C)cc(Nc2cc(OC)c(OC)c(OC)c2)n1. The Morgan fingerprint density at radius 2 is 1.71 bits per heavy atom. The van der Waals surface area contributed by atoms with E-state index in [4.69, 9.17) is 14.2 Å². The summed E-state index contributed by atoms with van der Waals surface area (Å²) < 4.78 is 16.0. The highest BCUT2D eigenvalue weighted by atomic mass is 16.5. The minimum absolute atomic E-state index is 0.532. The molecular weight excluding hydrogens is 308 g/mol. The molecule has 2 aromatic rings. The molecule has 7 heteroatoms. The van der Waals surface area contributed by atoms with E-state index in [0.29, 0.717) is 35.6 Å². The molecule has 0 radical (unpaired) electrons. The molecule has 1 aromatic carbocycles. The van der Waals surface area contributed by atoms with Gasteiger partial charge in [-0.3, -0.25) is 0 Å². The number of nitrogens with zero attached hydrogens (tertiary/aromatic N) is 2. The van der Waals surface area contributed by atoms with Crippen LogP contribution in [0.1, 0.15) is 5.69 Å². The van der Waals surface area contributed by atoms with Crippen LogP contribution in [0.3, 0.4) is 0 Å². The molecule has 2 rings (SSSR count). The van der Waals surface area contributed by atoms with Gasteiger partial charge in [-0.05, 0) is 6.92 Å². The van der Waals surface area contributed by atoms with Crippen LogP contribution in [0, 0.1) is 6.92 Å². The van der Waals surface area contributed by atoms with Gasteiger partial charge in [0.2, 0.25) is 11.7 Å². The first-order valence-electron chi connectivity index (χ1n) is 7.38. The fourth-order valence-electron chi connectivity index (χ4n) is 2.18. The fraction of sp³-hybridized carbons (Fsp3) is 0.294. The predicted molar refractivity (Wildman–Crippen MR) is 94.8 cm³/mol. The minimum Gasteiger partial charge on any atom is -0.493 e. The quantitative estimate of drug-likeness (QED) is 0.720. The molecule has 0 fully saturated rings. The van der Waals surface area contributed by atoms with Crippen LogP contribution in [0.15, 0.2) is 30.9 Å². The average molecular weight is 330 g/mol. The highest BCUT2D eigenvalue weighted by Gasteiger charge is 2.13. The molecule has 0 spiro atoms. The lowest BCUT2D eigenvalue weighted by Gasteiger charge is -2.15. The van der Waals surface area contributed by atoms with E-state index in [1.807, 2.05) is 25.1 Å². The van der Waals surface area contributed by atoms with E-state index < -0.39 is 0 Å². The maximum atomic E-state index is 5.36. The number of nitrogens with one attached hydrogen (secondary N) is 2. The Kier molecular flexibility index (Phi) is 5.83. The number of rotatable bonds is 8. The summed E-state index contributed by atoms with van der Waals surface area (Å²) in [6.07, 6.45) is 1.75. The van der Waals surface area contributed by atoms with Crippen molar-refractivity contribution in [3.05, 3.63) is 36.5 Å². The Hall–Kier alpha value is -2.96. The van der Waals surface area contributed by atoms with Crippen molar-refractivity contribution in [1.82, 2.24) is 9.97 Å². The second-order valence-electron chi connectivity index (χ2n) is 4.93. The molecule has 0 aliphatic heterocycles. The Morgan fingerprint density at radius 1 is 1.04 bits per heavy atom. The van der Waals surface area contributed by atoms with Crippen molar-refractivity contribution in [1.29, 1.82) is 0 Å². The molecule has 0 unspecified atom stereocenters. The summed E-state index contributed by atoms with van der Waals surface area (Å²) in [6.45, 7) is 6.16. The molecule has 0 bridgehead atoms. The first-order chi connectivity index (χ1) is 11.6. The number of benzene rings is 1. The summed E-state index contributed by atoms with van der Waals surface area (Å²) in [5.41, 5.74) is 1.60. The summed E-state index contributed by atoms with van der Waals surface area (Å²) >= 11 is 0. The third kappa shape index (κ3) is 4.07. The lowest BCUT2D eigenvalue weighted by molar-refractivity contribution is 0.324. The number of ether oxygens (including phenoxy) is 3. The van der Waals surface area contributed by atoms with Crippen molar-refractivity contribution < 1.29 is 14.2 Å². The monoisotopic (exact) mass is 330 g/mol. The largest absolute Gasteiger partial charge is 0.493 e. The number of aryl methyl sites for hydroxylation is 1. The van der Waals surface area contributed by atoms with Crippen molar-refractivity contribution in [2.24, 2.45) is 0 Å². The summed E-state index contributed by atoms with van der Waals surface area (Å²) in [5, 5.41) is 6.30. The third-order valence-corrected chi connectivity index (χ3v) is 3.20. The number of methoxy groups -OCH3 is 3. The van der Waals surface area contributed by atoms with E-state index in [1.165, 1.54) is 0 Å². The first-order valence-corrected chi connectivity index (χ1v) is 7.38. The zero-order valence-electron chi connectivity index (χ0n) is 14.3. The molecule has 0 aliphatic carbocycles. The predicted octanol–water partition coefficient (Wildman–Crippen LogP) is 3.15. The van der Waals surface area contributed by atoms with Gasteiger partial charge in [0, 0.05) is 36.1 Å². The second kappa shape index (κ2) is 8.05. The van der Waals surface area contributed by atoms with E-state index in [1.54, 1.807) is 27.4 Å². The van der Waals surface area contributed by atoms with Crippen LogP contribution in [0.25, 0.3) is 0 Å². The van der Waals surface area contributed by atoms with Crippen LogP contribution in [0.5, 0.6) is 17.2 Å². The summed E-state index contributed by atoms with van der Waals surface area (Å²) in [7, 11) is 4.72. The standard InChI is InChI=1S/C17H22N4O3/c1-6-7-18-17-19-11(2)8-15(21-17)20-12-9-13(22-3)16(24-5)14(10-12)23-4/h6,8-10H,1,7H2,2-5H3,(H2,18,19,20,21). The van der Waals surface area contributed by atoms with Gasteiger partial charge in [-0.15, -0.1) is 6.58 Å². The first kappa shape index (κ1) is 17.4. The van der Waals surface area contributed by atoms with E-state index >= 15 is 0 Å². The Morgan fingerprint density at radius 3 is 2.25 bits per heavy atom. The second-order valence-corrected chi connectivity index (χ2v) is 4.93. The molecule has 0 atom stereocenters. The molecule has 0 amide bonds. The van der Waals surface area contributed by atoms with E-state index in [0.717, 1.165) is 11.4 Å². The van der Waals surface area contributed by atoms with E-state index in [-0.39, 0.29) is 0 Å². The van der Waals surface area contributed by atoms with Gasteiger partial charge < -0.3 is 24.8 Å². The van der Waals surface area contributed by atoms with Crippen LogP contribution in [-0.4, -0.2) is 37.8 Å². The Labute approximate surface area is 141 Å². The number of hydrogen-bond donors (Lipinski definition) is 2. The van der Waals surface area contributed by atoms with Gasteiger partial charge in [0.1, 0.15) is 5.82 Å². The molecule has 24 heavy (non-hydrogen) atoms. The molecule has 128 valence electrons. The fourth-order valence-corrected chi connectivity index (χ4v) is 2.18. The molecule has 0 saturated carbocycles. The zero-order chi connectivity index (χ0) is 17.5. The molecular formula is C17H22N4O3. The van der Waals surface area contributed by atoms with Gasteiger partial charge in [-0.2, -0.15) is 4.98 Å². The molecule has 0 saturated heterocycles. The maximum Gasteiger partial charge on any atom is 0.225 e. The highest BCUT2D eigenvalue weighted by molar-refractivity contribution is 5.67. The molecule has 0 aliphatic rings. The van der Waals surface area contributed by atoms with Crippen LogP contribution in [0.4, 0.5) is 17.5 Å². The third-order valence-electron chi connectivity index (χ3n) is 3.20. The average Bonchev–Trinajstić information content (AvgIpc) is 2.58. The summed E-state index contributed by atoms with van der Waals surface area (Å²) in [4.78, 5) is 8.75. The topological polar surface area (TPSA) is 77.5 Å². The van der Waals surface area contributed by atoms with Crippen LogP contribution in [0.2, 0.25) is 0 Å². The Bertz CT molecular complexity index is 694. The van der Waals surface area contributed by atoms with Crippen molar-refractivity contribution in [3.63, 3.8) is 0 Å². The molecule has 7 nitrogen and oxygen atoms in total. The van der Waals surface area contributed by atoms with Crippen LogP contribution < -0.4 is 24.8 Å². The molecule has 2 N–H and O–H groups in total. The summed E-state index contributed by atoms with van der Waals surface area (Å²) in [6, 6.07) is 5.48. The number of anilines is 3. The van der Waals surface area contributed by atoms with Crippen molar-refractivity contribution in [2.45, 2.75) is 6.92 Å². The van der Waals surface area contributed by atoms with Crippen LogP contribution >= 0.6 is 0 Å². The molecule has 1 heterocycles. The Balaban J connectivity index is 2.33. The smallest absolute Gasteiger partial charge is 0.225 e. The van der Waals surface area contributed by atoms with Crippen molar-refractivity contribution >= 4 is 17.5 Å². The molecule has 1 aromatic heterocycles. The lowest BCUT2D eigenvalue weighted by atomic mass is 10.2.